The molecule has 0 spiro atoms. The molecule has 0 aliphatic heterocycles. The molecule has 0 atom stereocenters. The maximum atomic E-state index is 10.8. The van der Waals surface area contributed by atoms with Gasteiger partial charge in [-0.15, -0.1) is 0 Å². The van der Waals surface area contributed by atoms with E-state index in [0.29, 0.717) is 29.8 Å². The van der Waals surface area contributed by atoms with Crippen LogP contribution in [0.15, 0.2) is 53.5 Å². The molecule has 0 radical (unpaired) electrons. The number of aliphatic imine (C=N–C) groups is 1. The number of carbonyl (C=O) groups excluding carboxylic acids is 1. The Balaban J connectivity index is 1.96. The normalized spacial score (nSPS) is 11.1. The number of nitrogens with zero attached hydrogens (tertiary/aromatic N) is 1. The second kappa shape index (κ2) is 10.3. The largest absolute Gasteiger partial charge is 0.484 e. The van der Waals surface area contributed by atoms with Crippen LogP contribution in [0, 0.1) is 0 Å². The molecule has 0 aliphatic rings. The lowest BCUT2D eigenvalue weighted by atomic mass is 10.2. The van der Waals surface area contributed by atoms with E-state index in [4.69, 9.17) is 22.1 Å². The lowest BCUT2D eigenvalue weighted by Crippen LogP contribution is -2.36. The molecule has 2 aromatic rings. The summed E-state index contributed by atoms with van der Waals surface area (Å²) in [5.74, 6) is 0.802. The summed E-state index contributed by atoms with van der Waals surface area (Å²) in [6, 6.07) is 15.1. The van der Waals surface area contributed by atoms with E-state index in [1.54, 1.807) is 6.07 Å². The third-order valence-corrected chi connectivity index (χ3v) is 3.63. The van der Waals surface area contributed by atoms with Gasteiger partial charge in [0.25, 0.3) is 5.91 Å². The van der Waals surface area contributed by atoms with E-state index in [0.717, 1.165) is 17.7 Å². The van der Waals surface area contributed by atoms with E-state index >= 15 is 0 Å². The Morgan fingerprint density at radius 3 is 2.65 bits per heavy atom. The van der Waals surface area contributed by atoms with E-state index in [1.807, 2.05) is 49.4 Å². The second-order valence-electron chi connectivity index (χ2n) is 5.58. The van der Waals surface area contributed by atoms with E-state index in [-0.39, 0.29) is 6.61 Å². The Bertz CT molecular complexity index is 765. The molecule has 4 N–H and O–H groups in total. The number of nitrogens with two attached hydrogens (primary N) is 1. The highest BCUT2D eigenvalue weighted by Crippen LogP contribution is 2.13. The standard InChI is InChI=1S/C19H23ClN4O2/c1-2-22-19(23-11-14-5-3-7-16(20)9-14)24-12-15-6-4-8-17(10-15)26-13-18(21)25/h3-10H,2,11-13H2,1H3,(H2,21,25)(H2,22,23,24). The number of ether oxygens (including phenoxy) is 1. The minimum atomic E-state index is -0.504. The number of halogens is 1. The lowest BCUT2D eigenvalue weighted by molar-refractivity contribution is -0.119. The van der Waals surface area contributed by atoms with Crippen molar-refractivity contribution in [3.05, 3.63) is 64.7 Å². The summed E-state index contributed by atoms with van der Waals surface area (Å²) in [5, 5.41) is 7.18. The van der Waals surface area contributed by atoms with Crippen LogP contribution in [-0.4, -0.2) is 25.0 Å². The monoisotopic (exact) mass is 374 g/mol. The van der Waals surface area contributed by atoms with Gasteiger partial charge in [-0.25, -0.2) is 4.99 Å². The third-order valence-electron chi connectivity index (χ3n) is 3.39. The molecule has 0 aliphatic carbocycles. The number of rotatable bonds is 8. The number of hydrogen-bond acceptors (Lipinski definition) is 3. The van der Waals surface area contributed by atoms with Gasteiger partial charge in [-0.3, -0.25) is 4.79 Å². The minimum Gasteiger partial charge on any atom is -0.484 e. The van der Waals surface area contributed by atoms with Crippen LogP contribution in [0.3, 0.4) is 0 Å². The first-order valence-corrected chi connectivity index (χ1v) is 8.71. The zero-order chi connectivity index (χ0) is 18.8. The van der Waals surface area contributed by atoms with Gasteiger partial charge in [0.15, 0.2) is 12.6 Å². The summed E-state index contributed by atoms with van der Waals surface area (Å²) < 4.78 is 5.32. The van der Waals surface area contributed by atoms with Crippen molar-refractivity contribution in [3.63, 3.8) is 0 Å². The number of amides is 1. The highest BCUT2D eigenvalue weighted by Gasteiger charge is 2.02. The van der Waals surface area contributed by atoms with Crippen LogP contribution >= 0.6 is 11.6 Å². The first-order valence-electron chi connectivity index (χ1n) is 8.33. The summed E-state index contributed by atoms with van der Waals surface area (Å²) in [5.41, 5.74) is 7.13. The van der Waals surface area contributed by atoms with Gasteiger partial charge in [0.1, 0.15) is 5.75 Å². The molecule has 26 heavy (non-hydrogen) atoms. The van der Waals surface area contributed by atoms with Gasteiger partial charge in [0.05, 0.1) is 6.54 Å². The molecule has 7 heteroatoms. The van der Waals surface area contributed by atoms with E-state index in [2.05, 4.69) is 15.6 Å². The Labute approximate surface area is 158 Å². The molecule has 138 valence electrons. The molecule has 2 rings (SSSR count). The van der Waals surface area contributed by atoms with Gasteiger partial charge in [-0.2, -0.15) is 0 Å². The van der Waals surface area contributed by atoms with E-state index in [1.165, 1.54) is 0 Å². The van der Waals surface area contributed by atoms with Crippen LogP contribution in [0.1, 0.15) is 18.1 Å². The average Bonchev–Trinajstić information content (AvgIpc) is 2.63. The SMILES string of the molecule is CCNC(=NCc1cccc(Cl)c1)NCc1cccc(OCC(N)=O)c1. The fourth-order valence-electron chi connectivity index (χ4n) is 2.23. The number of hydrogen-bond donors (Lipinski definition) is 3. The molecule has 0 fully saturated rings. The smallest absolute Gasteiger partial charge is 0.255 e. The van der Waals surface area contributed by atoms with Crippen molar-refractivity contribution in [2.45, 2.75) is 20.0 Å². The molecule has 0 saturated heterocycles. The zero-order valence-electron chi connectivity index (χ0n) is 14.7. The van der Waals surface area contributed by atoms with E-state index in [9.17, 15) is 4.79 Å². The predicted octanol–water partition coefficient (Wildman–Crippen LogP) is 2.46. The summed E-state index contributed by atoms with van der Waals surface area (Å²) in [6.45, 7) is 3.71. The molecule has 0 saturated carbocycles. The van der Waals surface area contributed by atoms with Gasteiger partial charge < -0.3 is 21.1 Å². The fourth-order valence-corrected chi connectivity index (χ4v) is 2.45. The Kier molecular flexibility index (Phi) is 7.76. The third kappa shape index (κ3) is 7.03. The van der Waals surface area contributed by atoms with E-state index < -0.39 is 5.91 Å². The van der Waals surface area contributed by atoms with Crippen LogP contribution in [0.25, 0.3) is 0 Å². The Morgan fingerprint density at radius 1 is 1.15 bits per heavy atom. The predicted molar refractivity (Wildman–Crippen MR) is 104 cm³/mol. The van der Waals surface area contributed by atoms with Crippen LogP contribution in [-0.2, 0) is 17.9 Å². The first kappa shape index (κ1) is 19.6. The topological polar surface area (TPSA) is 88.7 Å². The highest BCUT2D eigenvalue weighted by molar-refractivity contribution is 6.30. The summed E-state index contributed by atoms with van der Waals surface area (Å²) in [4.78, 5) is 15.4. The lowest BCUT2D eigenvalue weighted by Gasteiger charge is -2.12. The molecule has 2 aromatic carbocycles. The highest BCUT2D eigenvalue weighted by atomic mass is 35.5. The molecular formula is C19H23ClN4O2. The van der Waals surface area contributed by atoms with Crippen LogP contribution in [0.4, 0.5) is 0 Å². The van der Waals surface area contributed by atoms with Gasteiger partial charge in [-0.1, -0.05) is 35.9 Å². The van der Waals surface area contributed by atoms with Crippen molar-refractivity contribution in [1.82, 2.24) is 10.6 Å². The maximum Gasteiger partial charge on any atom is 0.255 e. The van der Waals surface area contributed by atoms with Crippen molar-refractivity contribution in [3.8, 4) is 5.75 Å². The second-order valence-corrected chi connectivity index (χ2v) is 6.02. The molecular weight excluding hydrogens is 352 g/mol. The van der Waals surface area contributed by atoms with Gasteiger partial charge in [0.2, 0.25) is 0 Å². The molecule has 6 nitrogen and oxygen atoms in total. The van der Waals surface area contributed by atoms with Gasteiger partial charge in [-0.05, 0) is 42.3 Å². The average molecular weight is 375 g/mol. The van der Waals surface area contributed by atoms with Crippen molar-refractivity contribution in [2.24, 2.45) is 10.7 Å². The van der Waals surface area contributed by atoms with Crippen molar-refractivity contribution >= 4 is 23.5 Å². The summed E-state index contributed by atoms with van der Waals surface area (Å²) in [7, 11) is 0. The number of primary amides is 1. The quantitative estimate of drug-likeness (QED) is 0.489. The summed E-state index contributed by atoms with van der Waals surface area (Å²) in [6.07, 6.45) is 0. The van der Waals surface area contributed by atoms with Crippen LogP contribution in [0.2, 0.25) is 5.02 Å². The molecule has 0 bridgehead atoms. The Hall–Kier alpha value is -2.73. The maximum absolute atomic E-state index is 10.8. The molecule has 1 amide bonds. The van der Waals surface area contributed by atoms with Gasteiger partial charge >= 0.3 is 0 Å². The number of nitrogens with one attached hydrogen (secondary N) is 2. The van der Waals surface area contributed by atoms with Gasteiger partial charge in [0, 0.05) is 18.1 Å². The molecule has 0 unspecified atom stereocenters. The van der Waals surface area contributed by atoms with Crippen molar-refractivity contribution in [2.75, 3.05) is 13.2 Å². The minimum absolute atomic E-state index is 0.138. The van der Waals surface area contributed by atoms with Crippen LogP contribution in [0.5, 0.6) is 5.75 Å². The Morgan fingerprint density at radius 2 is 1.92 bits per heavy atom. The van der Waals surface area contributed by atoms with Crippen molar-refractivity contribution < 1.29 is 9.53 Å². The fraction of sp³-hybridized carbons (Fsp3) is 0.263. The van der Waals surface area contributed by atoms with Crippen molar-refractivity contribution in [1.29, 1.82) is 0 Å². The van der Waals surface area contributed by atoms with Crippen LogP contribution < -0.4 is 21.1 Å². The summed E-state index contributed by atoms with van der Waals surface area (Å²) >= 11 is 6.00. The number of benzene rings is 2. The number of carbonyl (C=O) groups is 1. The molecule has 0 aromatic heterocycles. The zero-order valence-corrected chi connectivity index (χ0v) is 15.4. The molecule has 0 heterocycles. The first-order chi connectivity index (χ1) is 12.6. The number of guanidine groups is 1.